The number of ketones is 1. The van der Waals surface area contributed by atoms with E-state index in [1.807, 2.05) is 13.8 Å². The lowest BCUT2D eigenvalue weighted by molar-refractivity contribution is 0.0951. The Hall–Kier alpha value is -1.78. The van der Waals surface area contributed by atoms with Crippen LogP contribution in [0.2, 0.25) is 0 Å². The molecule has 0 radical (unpaired) electrons. The summed E-state index contributed by atoms with van der Waals surface area (Å²) in [5.41, 5.74) is -0.778. The number of Topliss-reactive ketones (excluding diaryl/α,β-unsaturated/α-hetero) is 1. The molecule has 1 N–H and O–H groups in total. The number of rotatable bonds is 2. The van der Waals surface area contributed by atoms with Gasteiger partial charge in [0, 0.05) is 12.6 Å². The van der Waals surface area contributed by atoms with Crippen molar-refractivity contribution in [1.29, 1.82) is 0 Å². The first-order valence-corrected chi connectivity index (χ1v) is 5.19. The Balaban J connectivity index is 0.00000121. The number of amides is 1. The Morgan fingerprint density at radius 2 is 1.53 bits per heavy atom. The van der Waals surface area contributed by atoms with Gasteiger partial charge in [0.1, 0.15) is 17.2 Å². The van der Waals surface area contributed by atoms with E-state index in [1.165, 1.54) is 14.0 Å². The zero-order valence-corrected chi connectivity index (χ0v) is 10.2. The molecule has 94 valence electrons. The molecular formula is C12H15F2NO2. The van der Waals surface area contributed by atoms with E-state index in [-0.39, 0.29) is 5.56 Å². The largest absolute Gasteiger partial charge is 0.355 e. The van der Waals surface area contributed by atoms with Crippen LogP contribution < -0.4 is 5.32 Å². The standard InChI is InChI=1S/C10H9F2NO2.C2H6/c1-5(14)6-3-7(11)9(8(12)4-6)10(15)13-2;1-2/h3-4H,1-2H3,(H,13,15);1-2H3. The molecule has 3 nitrogen and oxygen atoms in total. The highest BCUT2D eigenvalue weighted by Crippen LogP contribution is 2.15. The van der Waals surface area contributed by atoms with Crippen LogP contribution in [0, 0.1) is 11.6 Å². The number of benzene rings is 1. The van der Waals surface area contributed by atoms with Crippen molar-refractivity contribution >= 4 is 11.7 Å². The maximum Gasteiger partial charge on any atom is 0.256 e. The third kappa shape index (κ3) is 3.62. The Bertz CT molecular complexity index is 408. The lowest BCUT2D eigenvalue weighted by Crippen LogP contribution is -2.21. The topological polar surface area (TPSA) is 46.2 Å². The fourth-order valence-corrected chi connectivity index (χ4v) is 1.12. The van der Waals surface area contributed by atoms with Crippen molar-refractivity contribution in [2.45, 2.75) is 20.8 Å². The van der Waals surface area contributed by atoms with Gasteiger partial charge in [-0.3, -0.25) is 9.59 Å². The zero-order valence-electron chi connectivity index (χ0n) is 10.2. The van der Waals surface area contributed by atoms with Gasteiger partial charge in [-0.25, -0.2) is 8.78 Å². The highest BCUT2D eigenvalue weighted by Gasteiger charge is 2.18. The molecule has 0 bridgehead atoms. The van der Waals surface area contributed by atoms with Gasteiger partial charge in [0.25, 0.3) is 5.91 Å². The smallest absolute Gasteiger partial charge is 0.256 e. The van der Waals surface area contributed by atoms with Crippen LogP contribution in [0.4, 0.5) is 8.78 Å². The van der Waals surface area contributed by atoms with Gasteiger partial charge < -0.3 is 5.32 Å². The molecule has 0 heterocycles. The van der Waals surface area contributed by atoms with E-state index in [2.05, 4.69) is 5.32 Å². The fraction of sp³-hybridized carbons (Fsp3) is 0.333. The Labute approximate surface area is 98.8 Å². The van der Waals surface area contributed by atoms with Crippen LogP contribution in [-0.2, 0) is 0 Å². The van der Waals surface area contributed by atoms with Gasteiger partial charge >= 0.3 is 0 Å². The first-order chi connectivity index (χ1) is 7.97. The molecule has 0 aliphatic rings. The summed E-state index contributed by atoms with van der Waals surface area (Å²) in [7, 11) is 1.26. The van der Waals surface area contributed by atoms with Gasteiger partial charge in [0.15, 0.2) is 5.78 Å². The molecule has 1 amide bonds. The zero-order chi connectivity index (χ0) is 13.6. The molecule has 0 atom stereocenters. The number of carbonyl (C=O) groups excluding carboxylic acids is 2. The molecule has 0 aliphatic heterocycles. The van der Waals surface area contributed by atoms with Crippen molar-refractivity contribution in [3.8, 4) is 0 Å². The summed E-state index contributed by atoms with van der Waals surface area (Å²) in [6.45, 7) is 5.19. The summed E-state index contributed by atoms with van der Waals surface area (Å²) in [5, 5.41) is 2.11. The minimum atomic E-state index is -1.04. The van der Waals surface area contributed by atoms with Crippen LogP contribution in [0.15, 0.2) is 12.1 Å². The number of hydrogen-bond acceptors (Lipinski definition) is 2. The predicted molar refractivity (Wildman–Crippen MR) is 61.1 cm³/mol. The maximum atomic E-state index is 13.3. The van der Waals surface area contributed by atoms with Crippen molar-refractivity contribution in [2.75, 3.05) is 7.05 Å². The Morgan fingerprint density at radius 1 is 1.12 bits per heavy atom. The second-order valence-corrected chi connectivity index (χ2v) is 2.95. The third-order valence-corrected chi connectivity index (χ3v) is 1.90. The molecule has 1 aromatic rings. The normalized spacial score (nSPS) is 9.06. The van der Waals surface area contributed by atoms with Crippen LogP contribution >= 0.6 is 0 Å². The molecular weight excluding hydrogens is 228 g/mol. The van der Waals surface area contributed by atoms with Crippen LogP contribution in [0.5, 0.6) is 0 Å². The lowest BCUT2D eigenvalue weighted by atomic mass is 10.1. The van der Waals surface area contributed by atoms with Gasteiger partial charge in [-0.1, -0.05) is 13.8 Å². The molecule has 0 saturated carbocycles. The first kappa shape index (κ1) is 15.2. The molecule has 0 unspecified atom stereocenters. The van der Waals surface area contributed by atoms with Crippen LogP contribution in [-0.4, -0.2) is 18.7 Å². The number of nitrogens with one attached hydrogen (secondary N) is 1. The minimum Gasteiger partial charge on any atom is -0.355 e. The van der Waals surface area contributed by atoms with E-state index in [0.717, 1.165) is 12.1 Å². The van der Waals surface area contributed by atoms with Crippen molar-refractivity contribution in [2.24, 2.45) is 0 Å². The van der Waals surface area contributed by atoms with Crippen molar-refractivity contribution in [3.63, 3.8) is 0 Å². The molecule has 17 heavy (non-hydrogen) atoms. The summed E-state index contributed by atoms with van der Waals surface area (Å²) in [6, 6.07) is 1.69. The van der Waals surface area contributed by atoms with E-state index in [9.17, 15) is 18.4 Å². The van der Waals surface area contributed by atoms with Gasteiger partial charge in [0.05, 0.1) is 0 Å². The van der Waals surface area contributed by atoms with Crippen LogP contribution in [0.3, 0.4) is 0 Å². The van der Waals surface area contributed by atoms with Crippen molar-refractivity contribution in [3.05, 3.63) is 34.9 Å². The second kappa shape index (κ2) is 6.73. The maximum absolute atomic E-state index is 13.3. The second-order valence-electron chi connectivity index (χ2n) is 2.95. The highest BCUT2D eigenvalue weighted by molar-refractivity contribution is 5.98. The fourth-order valence-electron chi connectivity index (χ4n) is 1.12. The number of halogens is 2. The van der Waals surface area contributed by atoms with Crippen LogP contribution in [0.25, 0.3) is 0 Å². The molecule has 0 aliphatic carbocycles. The average molecular weight is 243 g/mol. The van der Waals surface area contributed by atoms with E-state index >= 15 is 0 Å². The lowest BCUT2D eigenvalue weighted by Gasteiger charge is -2.04. The van der Waals surface area contributed by atoms with E-state index in [0.29, 0.717) is 0 Å². The van der Waals surface area contributed by atoms with Crippen molar-refractivity contribution in [1.82, 2.24) is 5.32 Å². The third-order valence-electron chi connectivity index (χ3n) is 1.90. The first-order valence-electron chi connectivity index (χ1n) is 5.19. The summed E-state index contributed by atoms with van der Waals surface area (Å²) < 4.78 is 26.5. The van der Waals surface area contributed by atoms with Gasteiger partial charge in [-0.15, -0.1) is 0 Å². The SMILES string of the molecule is CC.CNC(=O)c1c(F)cc(C(C)=O)cc1F. The Morgan fingerprint density at radius 3 is 1.82 bits per heavy atom. The number of hydrogen-bond donors (Lipinski definition) is 1. The summed E-state index contributed by atoms with van der Waals surface area (Å²) in [5.74, 6) is -3.41. The Kier molecular flexibility index (Phi) is 6.02. The van der Waals surface area contributed by atoms with Gasteiger partial charge in [-0.2, -0.15) is 0 Å². The molecule has 0 spiro atoms. The van der Waals surface area contributed by atoms with E-state index in [1.54, 1.807) is 0 Å². The quantitative estimate of drug-likeness (QED) is 0.811. The predicted octanol–water partition coefficient (Wildman–Crippen LogP) is 2.55. The van der Waals surface area contributed by atoms with Gasteiger partial charge in [-0.05, 0) is 19.1 Å². The summed E-state index contributed by atoms with van der Waals surface area (Å²) in [6.07, 6.45) is 0. The minimum absolute atomic E-state index is 0.0994. The molecule has 0 saturated heterocycles. The van der Waals surface area contributed by atoms with E-state index in [4.69, 9.17) is 0 Å². The van der Waals surface area contributed by atoms with Gasteiger partial charge in [0.2, 0.25) is 0 Å². The summed E-state index contributed by atoms with van der Waals surface area (Å²) in [4.78, 5) is 21.9. The van der Waals surface area contributed by atoms with E-state index < -0.39 is 28.9 Å². The molecule has 5 heteroatoms. The van der Waals surface area contributed by atoms with Crippen LogP contribution in [0.1, 0.15) is 41.5 Å². The van der Waals surface area contributed by atoms with Crippen molar-refractivity contribution < 1.29 is 18.4 Å². The molecule has 1 rings (SSSR count). The average Bonchev–Trinajstić information content (AvgIpc) is 2.30. The highest BCUT2D eigenvalue weighted by atomic mass is 19.1. The molecule has 0 aromatic heterocycles. The summed E-state index contributed by atoms with van der Waals surface area (Å²) >= 11 is 0. The number of carbonyl (C=O) groups is 2. The molecule has 1 aromatic carbocycles. The monoisotopic (exact) mass is 243 g/mol. The molecule has 0 fully saturated rings.